The zero-order chi connectivity index (χ0) is 15.2. The fourth-order valence-corrected chi connectivity index (χ4v) is 3.19. The van der Waals surface area contributed by atoms with Gasteiger partial charge in [0.15, 0.2) is 0 Å². The third-order valence-electron chi connectivity index (χ3n) is 4.41. The van der Waals surface area contributed by atoms with E-state index in [1.165, 1.54) is 5.56 Å². The second kappa shape index (κ2) is 7.56. The molecule has 0 saturated carbocycles. The number of amides is 2. The molecule has 1 N–H and O–H groups in total. The van der Waals surface area contributed by atoms with Crippen LogP contribution in [0.5, 0.6) is 0 Å². The molecule has 120 valence electrons. The van der Waals surface area contributed by atoms with Crippen LogP contribution in [0.4, 0.5) is 4.79 Å². The molecule has 1 atom stereocenters. The molecule has 0 aliphatic carbocycles. The lowest BCUT2D eigenvalue weighted by Crippen LogP contribution is -2.45. The summed E-state index contributed by atoms with van der Waals surface area (Å²) in [6, 6.07) is 4.24. The number of nitrogens with one attached hydrogen (secondary N) is 1. The van der Waals surface area contributed by atoms with Gasteiger partial charge in [-0.25, -0.2) is 4.79 Å². The Morgan fingerprint density at radius 2 is 2.05 bits per heavy atom. The second-order valence-electron chi connectivity index (χ2n) is 5.82. The van der Waals surface area contributed by atoms with E-state index >= 15 is 0 Å². The van der Waals surface area contributed by atoms with E-state index in [1.54, 1.807) is 12.4 Å². The standard InChI is InChI=1S/C16H24N4O2/c21-16(18-7-9-19-10-12-22-13-11-19)20-8-1-2-15(20)14-3-5-17-6-4-14/h3-6,15H,1-2,7-13H2,(H,18,21). The zero-order valence-corrected chi connectivity index (χ0v) is 12.9. The molecule has 1 unspecified atom stereocenters. The highest BCUT2D eigenvalue weighted by Gasteiger charge is 2.29. The minimum absolute atomic E-state index is 0.0487. The molecule has 0 aromatic carbocycles. The van der Waals surface area contributed by atoms with Crippen LogP contribution in [-0.2, 0) is 4.74 Å². The third kappa shape index (κ3) is 3.75. The Bertz CT molecular complexity index is 476. The Kier molecular flexibility index (Phi) is 5.24. The SMILES string of the molecule is O=C(NCCN1CCOCC1)N1CCCC1c1ccncc1. The summed E-state index contributed by atoms with van der Waals surface area (Å²) in [5, 5.41) is 3.06. The summed E-state index contributed by atoms with van der Waals surface area (Å²) >= 11 is 0. The molecule has 0 bridgehead atoms. The van der Waals surface area contributed by atoms with Gasteiger partial charge in [0.25, 0.3) is 0 Å². The number of carbonyl (C=O) groups is 1. The molecule has 1 aromatic rings. The zero-order valence-electron chi connectivity index (χ0n) is 12.9. The van der Waals surface area contributed by atoms with Gasteiger partial charge in [-0.15, -0.1) is 0 Å². The molecular formula is C16H24N4O2. The minimum atomic E-state index is 0.0487. The molecule has 2 saturated heterocycles. The first kappa shape index (κ1) is 15.2. The third-order valence-corrected chi connectivity index (χ3v) is 4.41. The first-order valence-corrected chi connectivity index (χ1v) is 8.09. The maximum absolute atomic E-state index is 12.4. The number of likely N-dealkylation sites (tertiary alicyclic amines) is 1. The maximum Gasteiger partial charge on any atom is 0.317 e. The first-order chi connectivity index (χ1) is 10.8. The number of hydrogen-bond acceptors (Lipinski definition) is 4. The molecule has 2 aliphatic rings. The molecule has 0 radical (unpaired) electrons. The van der Waals surface area contributed by atoms with Gasteiger partial charge in [-0.1, -0.05) is 0 Å². The Labute approximate surface area is 131 Å². The molecule has 6 heteroatoms. The topological polar surface area (TPSA) is 57.7 Å². The number of ether oxygens (including phenoxy) is 1. The molecule has 3 heterocycles. The monoisotopic (exact) mass is 304 g/mol. The van der Waals surface area contributed by atoms with E-state index in [0.29, 0.717) is 6.54 Å². The Morgan fingerprint density at radius 1 is 1.27 bits per heavy atom. The molecule has 3 rings (SSSR count). The number of carbonyl (C=O) groups excluding carboxylic acids is 1. The van der Waals surface area contributed by atoms with Gasteiger partial charge in [-0.05, 0) is 30.5 Å². The molecule has 2 aliphatic heterocycles. The van der Waals surface area contributed by atoms with Crippen LogP contribution in [-0.4, -0.2) is 66.8 Å². The van der Waals surface area contributed by atoms with E-state index < -0.39 is 0 Å². The van der Waals surface area contributed by atoms with Crippen LogP contribution < -0.4 is 5.32 Å². The molecular weight excluding hydrogens is 280 g/mol. The number of nitrogens with zero attached hydrogens (tertiary/aromatic N) is 3. The largest absolute Gasteiger partial charge is 0.379 e. The van der Waals surface area contributed by atoms with Crippen LogP contribution in [0.2, 0.25) is 0 Å². The Morgan fingerprint density at radius 3 is 2.82 bits per heavy atom. The minimum Gasteiger partial charge on any atom is -0.379 e. The van der Waals surface area contributed by atoms with Crippen molar-refractivity contribution >= 4 is 6.03 Å². The van der Waals surface area contributed by atoms with Crippen molar-refractivity contribution in [3.8, 4) is 0 Å². The van der Waals surface area contributed by atoms with Crippen molar-refractivity contribution in [3.63, 3.8) is 0 Å². The lowest BCUT2D eigenvalue weighted by atomic mass is 10.1. The van der Waals surface area contributed by atoms with Crippen LogP contribution in [0.15, 0.2) is 24.5 Å². The molecule has 6 nitrogen and oxygen atoms in total. The van der Waals surface area contributed by atoms with Gasteiger partial charge in [-0.2, -0.15) is 0 Å². The van der Waals surface area contributed by atoms with Crippen molar-refractivity contribution in [2.45, 2.75) is 18.9 Å². The van der Waals surface area contributed by atoms with E-state index in [2.05, 4.69) is 15.2 Å². The smallest absolute Gasteiger partial charge is 0.317 e. The number of rotatable bonds is 4. The number of pyridine rings is 1. The van der Waals surface area contributed by atoms with Crippen LogP contribution >= 0.6 is 0 Å². The van der Waals surface area contributed by atoms with Gasteiger partial charge in [0.05, 0.1) is 19.3 Å². The van der Waals surface area contributed by atoms with Crippen molar-refractivity contribution < 1.29 is 9.53 Å². The van der Waals surface area contributed by atoms with Gasteiger partial charge < -0.3 is 15.0 Å². The molecule has 1 aromatic heterocycles. The van der Waals surface area contributed by atoms with Crippen molar-refractivity contribution in [2.24, 2.45) is 0 Å². The summed E-state index contributed by atoms with van der Waals surface area (Å²) in [4.78, 5) is 20.8. The molecule has 2 amide bonds. The van der Waals surface area contributed by atoms with Gasteiger partial charge in [-0.3, -0.25) is 9.88 Å². The fourth-order valence-electron chi connectivity index (χ4n) is 3.19. The van der Waals surface area contributed by atoms with Gasteiger partial charge in [0, 0.05) is 45.1 Å². The highest BCUT2D eigenvalue weighted by molar-refractivity contribution is 5.75. The Hall–Kier alpha value is -1.66. The predicted octanol–water partition coefficient (Wildman–Crippen LogP) is 1.26. The summed E-state index contributed by atoms with van der Waals surface area (Å²) in [5.74, 6) is 0. The van der Waals surface area contributed by atoms with Gasteiger partial charge in [0.1, 0.15) is 0 Å². The van der Waals surface area contributed by atoms with Gasteiger partial charge in [0.2, 0.25) is 0 Å². The summed E-state index contributed by atoms with van der Waals surface area (Å²) < 4.78 is 5.33. The molecule has 0 spiro atoms. The number of urea groups is 1. The lowest BCUT2D eigenvalue weighted by molar-refractivity contribution is 0.0385. The fraction of sp³-hybridized carbons (Fsp3) is 0.625. The van der Waals surface area contributed by atoms with E-state index in [1.807, 2.05) is 17.0 Å². The quantitative estimate of drug-likeness (QED) is 0.910. The average molecular weight is 304 g/mol. The highest BCUT2D eigenvalue weighted by atomic mass is 16.5. The first-order valence-electron chi connectivity index (χ1n) is 8.09. The van der Waals surface area contributed by atoms with E-state index in [9.17, 15) is 4.79 Å². The number of aromatic nitrogens is 1. The summed E-state index contributed by atoms with van der Waals surface area (Å²) in [6.45, 7) is 5.92. The average Bonchev–Trinajstić information content (AvgIpc) is 3.06. The summed E-state index contributed by atoms with van der Waals surface area (Å²) in [7, 11) is 0. The van der Waals surface area contributed by atoms with Crippen LogP contribution in [0, 0.1) is 0 Å². The normalized spacial score (nSPS) is 22.7. The molecule has 2 fully saturated rings. The van der Waals surface area contributed by atoms with E-state index in [4.69, 9.17) is 4.74 Å². The van der Waals surface area contributed by atoms with Crippen molar-refractivity contribution in [1.29, 1.82) is 0 Å². The van der Waals surface area contributed by atoms with Crippen LogP contribution in [0.25, 0.3) is 0 Å². The van der Waals surface area contributed by atoms with Crippen molar-refractivity contribution in [3.05, 3.63) is 30.1 Å². The van der Waals surface area contributed by atoms with Crippen LogP contribution in [0.1, 0.15) is 24.4 Å². The summed E-state index contributed by atoms with van der Waals surface area (Å²) in [5.41, 5.74) is 1.18. The maximum atomic E-state index is 12.4. The number of morpholine rings is 1. The Balaban J connectivity index is 1.48. The highest BCUT2D eigenvalue weighted by Crippen LogP contribution is 2.31. The van der Waals surface area contributed by atoms with E-state index in [0.717, 1.165) is 52.2 Å². The predicted molar refractivity (Wildman–Crippen MR) is 83.6 cm³/mol. The van der Waals surface area contributed by atoms with Gasteiger partial charge >= 0.3 is 6.03 Å². The number of hydrogen-bond donors (Lipinski definition) is 1. The van der Waals surface area contributed by atoms with Crippen molar-refractivity contribution in [2.75, 3.05) is 45.9 Å². The second-order valence-corrected chi connectivity index (χ2v) is 5.82. The molecule has 22 heavy (non-hydrogen) atoms. The summed E-state index contributed by atoms with van der Waals surface area (Å²) in [6.07, 6.45) is 5.68. The van der Waals surface area contributed by atoms with E-state index in [-0.39, 0.29) is 12.1 Å². The van der Waals surface area contributed by atoms with Crippen molar-refractivity contribution in [1.82, 2.24) is 20.1 Å². The lowest BCUT2D eigenvalue weighted by Gasteiger charge is -2.28. The van der Waals surface area contributed by atoms with Crippen LogP contribution in [0.3, 0.4) is 0 Å².